The number of aromatic nitrogens is 5. The SMILES string of the molecule is CCOc1ccc(-n2c(SCC(=O)Nc3cc(C)on3)nnc2-c2cn(S(=O)(=O)c3ccccc3)c3ccccc23)cc1. The maximum absolute atomic E-state index is 13.7. The van der Waals surface area contributed by atoms with E-state index < -0.39 is 10.0 Å². The first kappa shape index (κ1) is 28.2. The number of rotatable bonds is 10. The molecule has 0 radical (unpaired) electrons. The number of carbonyl (C=O) groups is 1. The predicted molar refractivity (Wildman–Crippen MR) is 163 cm³/mol. The quantitative estimate of drug-likeness (QED) is 0.197. The van der Waals surface area contributed by atoms with Gasteiger partial charge in [0.1, 0.15) is 11.5 Å². The molecule has 0 saturated heterocycles. The fourth-order valence-corrected chi connectivity index (χ4v) is 6.74. The Morgan fingerprint density at radius 3 is 2.47 bits per heavy atom. The first-order valence-electron chi connectivity index (χ1n) is 13.3. The molecule has 0 aliphatic carbocycles. The van der Waals surface area contributed by atoms with Gasteiger partial charge in [-0.2, -0.15) is 0 Å². The van der Waals surface area contributed by atoms with Crippen molar-refractivity contribution >= 4 is 44.4 Å². The summed E-state index contributed by atoms with van der Waals surface area (Å²) in [5.74, 6) is 1.73. The lowest BCUT2D eigenvalue weighted by atomic mass is 10.1. The van der Waals surface area contributed by atoms with E-state index in [2.05, 4.69) is 20.7 Å². The Kier molecular flexibility index (Phi) is 7.74. The van der Waals surface area contributed by atoms with Crippen LogP contribution in [0, 0.1) is 6.92 Å². The molecule has 3 aromatic carbocycles. The van der Waals surface area contributed by atoms with Gasteiger partial charge in [-0.3, -0.25) is 9.36 Å². The summed E-state index contributed by atoms with van der Waals surface area (Å²) in [6, 6.07) is 24.5. The summed E-state index contributed by atoms with van der Waals surface area (Å²) in [6.07, 6.45) is 1.57. The number of aryl methyl sites for hydroxylation is 1. The van der Waals surface area contributed by atoms with Crippen LogP contribution in [0.3, 0.4) is 0 Å². The Labute approximate surface area is 251 Å². The molecule has 3 aromatic heterocycles. The van der Waals surface area contributed by atoms with Gasteiger partial charge in [-0.25, -0.2) is 12.4 Å². The van der Waals surface area contributed by atoms with Crippen LogP contribution >= 0.6 is 11.8 Å². The van der Waals surface area contributed by atoms with E-state index in [0.29, 0.717) is 57.1 Å². The van der Waals surface area contributed by atoms with Gasteiger partial charge >= 0.3 is 0 Å². The molecule has 11 nitrogen and oxygen atoms in total. The minimum Gasteiger partial charge on any atom is -0.494 e. The molecule has 0 spiro atoms. The van der Waals surface area contributed by atoms with Gasteiger partial charge in [0.2, 0.25) is 5.91 Å². The van der Waals surface area contributed by atoms with Gasteiger partial charge in [-0.1, -0.05) is 53.3 Å². The summed E-state index contributed by atoms with van der Waals surface area (Å²) in [5.41, 5.74) is 1.77. The zero-order valence-corrected chi connectivity index (χ0v) is 24.8. The van der Waals surface area contributed by atoms with Gasteiger partial charge in [-0.15, -0.1) is 10.2 Å². The van der Waals surface area contributed by atoms with Crippen LogP contribution < -0.4 is 10.1 Å². The monoisotopic (exact) mass is 614 g/mol. The molecule has 0 unspecified atom stereocenters. The summed E-state index contributed by atoms with van der Waals surface area (Å²) >= 11 is 1.18. The zero-order valence-electron chi connectivity index (χ0n) is 23.2. The molecule has 3 heterocycles. The fraction of sp³-hybridized carbons (Fsp3) is 0.133. The minimum absolute atomic E-state index is 0.0191. The second-order valence-electron chi connectivity index (χ2n) is 9.40. The fourth-order valence-electron chi connectivity index (χ4n) is 4.60. The van der Waals surface area contributed by atoms with Crippen molar-refractivity contribution in [3.8, 4) is 22.8 Å². The summed E-state index contributed by atoms with van der Waals surface area (Å²) in [4.78, 5) is 12.9. The molecule has 43 heavy (non-hydrogen) atoms. The third-order valence-corrected chi connectivity index (χ3v) is 9.10. The smallest absolute Gasteiger partial charge is 0.268 e. The van der Waals surface area contributed by atoms with Gasteiger partial charge in [0.15, 0.2) is 16.8 Å². The van der Waals surface area contributed by atoms with E-state index in [4.69, 9.17) is 9.26 Å². The molecule has 0 bridgehead atoms. The van der Waals surface area contributed by atoms with Crippen molar-refractivity contribution in [1.29, 1.82) is 0 Å². The Hall–Kier alpha value is -4.88. The van der Waals surface area contributed by atoms with Crippen molar-refractivity contribution in [2.75, 3.05) is 17.7 Å². The van der Waals surface area contributed by atoms with E-state index in [-0.39, 0.29) is 16.6 Å². The molecule has 0 aliphatic rings. The highest BCUT2D eigenvalue weighted by Crippen LogP contribution is 2.35. The van der Waals surface area contributed by atoms with E-state index >= 15 is 0 Å². The molecule has 13 heteroatoms. The van der Waals surface area contributed by atoms with Crippen molar-refractivity contribution in [3.63, 3.8) is 0 Å². The maximum atomic E-state index is 13.7. The van der Waals surface area contributed by atoms with Gasteiger partial charge in [-0.05, 0) is 56.3 Å². The third-order valence-electron chi connectivity index (χ3n) is 6.49. The van der Waals surface area contributed by atoms with Gasteiger partial charge in [0.25, 0.3) is 10.0 Å². The average Bonchev–Trinajstić information content (AvgIpc) is 3.74. The van der Waals surface area contributed by atoms with Crippen LogP contribution in [0.1, 0.15) is 12.7 Å². The number of fused-ring (bicyclic) bond motifs is 1. The van der Waals surface area contributed by atoms with E-state index in [1.54, 1.807) is 66.2 Å². The van der Waals surface area contributed by atoms with Crippen LogP contribution in [0.2, 0.25) is 0 Å². The first-order valence-corrected chi connectivity index (χ1v) is 15.7. The number of para-hydroxylation sites is 1. The third kappa shape index (κ3) is 5.64. The van der Waals surface area contributed by atoms with Crippen LogP contribution in [0.4, 0.5) is 5.82 Å². The molecule has 1 N–H and O–H groups in total. The molecule has 218 valence electrons. The van der Waals surface area contributed by atoms with Crippen molar-refractivity contribution in [2.24, 2.45) is 0 Å². The average molecular weight is 615 g/mol. The Morgan fingerprint density at radius 1 is 1.00 bits per heavy atom. The normalized spacial score (nSPS) is 11.6. The molecule has 0 aliphatic heterocycles. The topological polar surface area (TPSA) is 134 Å². The van der Waals surface area contributed by atoms with Crippen LogP contribution in [0.15, 0.2) is 106 Å². The number of anilines is 1. The molecular weight excluding hydrogens is 589 g/mol. The van der Waals surface area contributed by atoms with Gasteiger partial charge in [0.05, 0.1) is 22.8 Å². The van der Waals surface area contributed by atoms with Gasteiger partial charge < -0.3 is 14.6 Å². The molecule has 6 aromatic rings. The van der Waals surface area contributed by atoms with Crippen LogP contribution in [0.25, 0.3) is 28.0 Å². The number of benzene rings is 3. The largest absolute Gasteiger partial charge is 0.494 e. The lowest BCUT2D eigenvalue weighted by Gasteiger charge is -2.11. The standard InChI is InChI=1S/C30H26N6O5S2/c1-3-40-22-15-13-21(14-16-22)36-29(32-33-30(36)42-19-28(37)31-27-17-20(2)41-34-27)25-18-35(26-12-8-7-11-24(25)26)43(38,39)23-9-5-4-6-10-23/h4-18H,3,19H2,1-2H3,(H,31,34,37). The number of hydrogen-bond acceptors (Lipinski definition) is 9. The highest BCUT2D eigenvalue weighted by atomic mass is 32.2. The van der Waals surface area contributed by atoms with Crippen LogP contribution in [-0.2, 0) is 14.8 Å². The Bertz CT molecular complexity index is 2020. The number of nitrogens with zero attached hydrogens (tertiary/aromatic N) is 5. The first-order chi connectivity index (χ1) is 20.8. The number of nitrogens with one attached hydrogen (secondary N) is 1. The van der Waals surface area contributed by atoms with Crippen LogP contribution in [-0.4, -0.2) is 50.6 Å². The molecule has 6 rings (SSSR count). The molecule has 0 atom stereocenters. The lowest BCUT2D eigenvalue weighted by molar-refractivity contribution is -0.113. The zero-order chi connectivity index (χ0) is 30.0. The summed E-state index contributed by atoms with van der Waals surface area (Å²) in [7, 11) is -3.91. The predicted octanol–water partition coefficient (Wildman–Crippen LogP) is 5.55. The van der Waals surface area contributed by atoms with Crippen LogP contribution in [0.5, 0.6) is 5.75 Å². The highest BCUT2D eigenvalue weighted by molar-refractivity contribution is 7.99. The summed E-state index contributed by atoms with van der Waals surface area (Å²) in [5, 5.41) is 16.5. The Morgan fingerprint density at radius 2 is 1.74 bits per heavy atom. The molecule has 0 fully saturated rings. The summed E-state index contributed by atoms with van der Waals surface area (Å²) in [6.45, 7) is 4.17. The second kappa shape index (κ2) is 11.8. The lowest BCUT2D eigenvalue weighted by Crippen LogP contribution is -2.14. The number of ether oxygens (including phenoxy) is 1. The number of amides is 1. The second-order valence-corrected chi connectivity index (χ2v) is 12.2. The minimum atomic E-state index is -3.91. The number of thioether (sulfide) groups is 1. The Balaban J connectivity index is 1.44. The maximum Gasteiger partial charge on any atom is 0.268 e. The molecular formula is C30H26N6O5S2. The van der Waals surface area contributed by atoms with E-state index in [1.807, 2.05) is 43.3 Å². The van der Waals surface area contributed by atoms with Crippen molar-refractivity contribution in [3.05, 3.63) is 96.9 Å². The number of hydrogen-bond donors (Lipinski definition) is 1. The van der Waals surface area contributed by atoms with Gasteiger partial charge in [0, 0.05) is 28.9 Å². The molecule has 1 amide bonds. The van der Waals surface area contributed by atoms with Crippen molar-refractivity contribution < 1.29 is 22.5 Å². The molecule has 0 saturated carbocycles. The van der Waals surface area contributed by atoms with Crippen molar-refractivity contribution in [1.82, 2.24) is 23.9 Å². The van der Waals surface area contributed by atoms with E-state index in [9.17, 15) is 13.2 Å². The van der Waals surface area contributed by atoms with E-state index in [1.165, 1.54) is 15.7 Å². The van der Waals surface area contributed by atoms with Crippen molar-refractivity contribution in [2.45, 2.75) is 23.9 Å². The number of carbonyl (C=O) groups excluding carboxylic acids is 1. The highest BCUT2D eigenvalue weighted by Gasteiger charge is 2.25. The summed E-state index contributed by atoms with van der Waals surface area (Å²) < 4.78 is 41.2. The van der Waals surface area contributed by atoms with E-state index in [0.717, 1.165) is 0 Å².